The van der Waals surface area contributed by atoms with Gasteiger partial charge in [0.05, 0.1) is 0 Å². The number of primary amides is 1. The van der Waals surface area contributed by atoms with Crippen LogP contribution in [0.2, 0.25) is 0 Å². The third kappa shape index (κ3) is 4.43. The molecule has 3 nitrogen and oxygen atoms in total. The average molecular weight is 296 g/mol. The van der Waals surface area contributed by atoms with Gasteiger partial charge in [-0.15, -0.1) is 0 Å². The van der Waals surface area contributed by atoms with Crippen LogP contribution in [0.1, 0.15) is 40.9 Å². The molecule has 2 aromatic carbocycles. The van der Waals surface area contributed by atoms with Crippen molar-refractivity contribution >= 4 is 5.91 Å². The fourth-order valence-corrected chi connectivity index (χ4v) is 2.55. The highest BCUT2D eigenvalue weighted by Gasteiger charge is 2.10. The molecule has 0 aromatic heterocycles. The van der Waals surface area contributed by atoms with Gasteiger partial charge in [0.15, 0.2) is 0 Å². The van der Waals surface area contributed by atoms with Crippen LogP contribution < -0.4 is 5.73 Å². The molecule has 0 saturated heterocycles. The summed E-state index contributed by atoms with van der Waals surface area (Å²) >= 11 is 0. The van der Waals surface area contributed by atoms with Crippen molar-refractivity contribution in [1.82, 2.24) is 4.90 Å². The van der Waals surface area contributed by atoms with Gasteiger partial charge in [-0.3, -0.25) is 9.69 Å². The van der Waals surface area contributed by atoms with Crippen molar-refractivity contribution in [3.8, 4) is 0 Å². The second-order valence-corrected chi connectivity index (χ2v) is 5.73. The third-order valence-corrected chi connectivity index (χ3v) is 4.16. The van der Waals surface area contributed by atoms with E-state index in [-0.39, 0.29) is 5.91 Å². The molecule has 0 radical (unpaired) electrons. The van der Waals surface area contributed by atoms with E-state index in [9.17, 15) is 4.79 Å². The molecule has 22 heavy (non-hydrogen) atoms. The average Bonchev–Trinajstić information content (AvgIpc) is 2.55. The highest BCUT2D eigenvalue weighted by Crippen LogP contribution is 2.18. The number of amides is 1. The lowest BCUT2D eigenvalue weighted by molar-refractivity contribution is 0.100. The summed E-state index contributed by atoms with van der Waals surface area (Å²) in [6, 6.07) is 18.5. The molecule has 2 aromatic rings. The fraction of sp³-hybridized carbons (Fsp3) is 0.316. The second kappa shape index (κ2) is 7.76. The summed E-state index contributed by atoms with van der Waals surface area (Å²) in [4.78, 5) is 13.4. The maximum Gasteiger partial charge on any atom is 0.248 e. The molecule has 0 aliphatic carbocycles. The molecule has 2 N–H and O–H groups in total. The number of aryl methyl sites for hydroxylation is 1. The zero-order valence-corrected chi connectivity index (χ0v) is 13.3. The molecule has 0 bridgehead atoms. The molecule has 3 heteroatoms. The van der Waals surface area contributed by atoms with Crippen molar-refractivity contribution in [2.45, 2.75) is 25.8 Å². The van der Waals surface area contributed by atoms with Crippen molar-refractivity contribution < 1.29 is 4.79 Å². The summed E-state index contributed by atoms with van der Waals surface area (Å²) in [5, 5.41) is 0. The predicted molar refractivity (Wildman–Crippen MR) is 90.8 cm³/mol. The Labute approximate surface area is 132 Å². The van der Waals surface area contributed by atoms with Gasteiger partial charge in [-0.1, -0.05) is 42.5 Å². The third-order valence-electron chi connectivity index (χ3n) is 4.16. The Morgan fingerprint density at radius 3 is 2.32 bits per heavy atom. The van der Waals surface area contributed by atoms with Crippen LogP contribution in [-0.4, -0.2) is 24.4 Å². The topological polar surface area (TPSA) is 46.3 Å². The van der Waals surface area contributed by atoms with Crippen LogP contribution >= 0.6 is 0 Å². The van der Waals surface area contributed by atoms with Crippen molar-refractivity contribution in [2.24, 2.45) is 5.73 Å². The Bertz CT molecular complexity index is 593. The number of hydrogen-bond acceptors (Lipinski definition) is 2. The minimum atomic E-state index is -0.372. The van der Waals surface area contributed by atoms with Crippen molar-refractivity contribution in [2.75, 3.05) is 13.6 Å². The van der Waals surface area contributed by atoms with Gasteiger partial charge < -0.3 is 5.73 Å². The Balaban J connectivity index is 1.81. The van der Waals surface area contributed by atoms with Crippen LogP contribution in [-0.2, 0) is 6.42 Å². The molecular formula is C19H24N2O. The van der Waals surface area contributed by atoms with E-state index in [0.717, 1.165) is 19.4 Å². The van der Waals surface area contributed by atoms with Gasteiger partial charge in [0.1, 0.15) is 0 Å². The standard InChI is InChI=1S/C19H24N2O/c1-15(17-8-4-3-5-9-17)21(2)14-6-7-16-10-12-18(13-11-16)19(20)22/h3-5,8-13,15H,6-7,14H2,1-2H3,(H2,20,22)/t15-/m0/s1. The molecule has 1 atom stereocenters. The van der Waals surface area contributed by atoms with Gasteiger partial charge in [-0.25, -0.2) is 0 Å². The SMILES string of the molecule is C[C@@H](c1ccccc1)N(C)CCCc1ccc(C(N)=O)cc1. The quantitative estimate of drug-likeness (QED) is 0.851. The lowest BCUT2D eigenvalue weighted by atomic mass is 10.1. The normalized spacial score (nSPS) is 12.3. The molecule has 0 unspecified atom stereocenters. The van der Waals surface area contributed by atoms with E-state index in [1.54, 1.807) is 12.1 Å². The summed E-state index contributed by atoms with van der Waals surface area (Å²) in [7, 11) is 2.16. The van der Waals surface area contributed by atoms with Crippen LogP contribution in [0.3, 0.4) is 0 Å². The zero-order valence-electron chi connectivity index (χ0n) is 13.3. The first-order valence-electron chi connectivity index (χ1n) is 7.72. The minimum absolute atomic E-state index is 0.372. The Kier molecular flexibility index (Phi) is 5.73. The van der Waals surface area contributed by atoms with E-state index >= 15 is 0 Å². The first-order chi connectivity index (χ1) is 10.6. The lowest BCUT2D eigenvalue weighted by Crippen LogP contribution is -2.23. The number of rotatable bonds is 7. The molecule has 0 heterocycles. The first-order valence-corrected chi connectivity index (χ1v) is 7.72. The van der Waals surface area contributed by atoms with Crippen LogP contribution in [0.15, 0.2) is 54.6 Å². The van der Waals surface area contributed by atoms with Crippen molar-refractivity contribution in [3.05, 3.63) is 71.3 Å². The van der Waals surface area contributed by atoms with E-state index in [1.807, 2.05) is 18.2 Å². The predicted octanol–water partition coefficient (Wildman–Crippen LogP) is 3.41. The number of carbonyl (C=O) groups is 1. The molecule has 0 aliphatic rings. The largest absolute Gasteiger partial charge is 0.366 e. The van der Waals surface area contributed by atoms with Crippen molar-refractivity contribution in [1.29, 1.82) is 0 Å². The summed E-state index contributed by atoms with van der Waals surface area (Å²) in [6.45, 7) is 3.27. The molecule has 0 fully saturated rings. The fourth-order valence-electron chi connectivity index (χ4n) is 2.55. The minimum Gasteiger partial charge on any atom is -0.366 e. The van der Waals surface area contributed by atoms with E-state index in [2.05, 4.69) is 43.1 Å². The first kappa shape index (κ1) is 16.2. The Morgan fingerprint density at radius 1 is 1.09 bits per heavy atom. The zero-order chi connectivity index (χ0) is 15.9. The van der Waals surface area contributed by atoms with E-state index < -0.39 is 0 Å². The number of nitrogens with two attached hydrogens (primary N) is 1. The second-order valence-electron chi connectivity index (χ2n) is 5.73. The van der Waals surface area contributed by atoms with E-state index in [1.165, 1.54) is 11.1 Å². The molecule has 0 saturated carbocycles. The summed E-state index contributed by atoms with van der Waals surface area (Å²) in [5.74, 6) is -0.372. The number of benzene rings is 2. The molecule has 1 amide bonds. The summed E-state index contributed by atoms with van der Waals surface area (Å²) in [5.41, 5.74) is 8.40. The van der Waals surface area contributed by atoms with Crippen LogP contribution in [0.4, 0.5) is 0 Å². The molecule has 2 rings (SSSR count). The van der Waals surface area contributed by atoms with Gasteiger partial charge in [0.2, 0.25) is 5.91 Å². The Hall–Kier alpha value is -2.13. The summed E-state index contributed by atoms with van der Waals surface area (Å²) in [6.07, 6.45) is 2.09. The maximum atomic E-state index is 11.0. The molecular weight excluding hydrogens is 272 g/mol. The van der Waals surface area contributed by atoms with Crippen LogP contribution in [0.5, 0.6) is 0 Å². The van der Waals surface area contributed by atoms with Crippen LogP contribution in [0.25, 0.3) is 0 Å². The lowest BCUT2D eigenvalue weighted by Gasteiger charge is -2.25. The number of nitrogens with zero attached hydrogens (tertiary/aromatic N) is 1. The van der Waals surface area contributed by atoms with Crippen LogP contribution in [0, 0.1) is 0 Å². The summed E-state index contributed by atoms with van der Waals surface area (Å²) < 4.78 is 0. The number of carbonyl (C=O) groups excluding carboxylic acids is 1. The monoisotopic (exact) mass is 296 g/mol. The van der Waals surface area contributed by atoms with Gasteiger partial charge >= 0.3 is 0 Å². The molecule has 0 aliphatic heterocycles. The van der Waals surface area contributed by atoms with Gasteiger partial charge in [-0.2, -0.15) is 0 Å². The molecule has 116 valence electrons. The highest BCUT2D eigenvalue weighted by molar-refractivity contribution is 5.92. The van der Waals surface area contributed by atoms with Gasteiger partial charge in [0.25, 0.3) is 0 Å². The maximum absolute atomic E-state index is 11.0. The van der Waals surface area contributed by atoms with E-state index in [4.69, 9.17) is 5.73 Å². The Morgan fingerprint density at radius 2 is 1.73 bits per heavy atom. The smallest absolute Gasteiger partial charge is 0.248 e. The van der Waals surface area contributed by atoms with Crippen molar-refractivity contribution in [3.63, 3.8) is 0 Å². The van der Waals surface area contributed by atoms with Gasteiger partial charge in [0, 0.05) is 11.6 Å². The number of hydrogen-bond donors (Lipinski definition) is 1. The molecule has 0 spiro atoms. The highest BCUT2D eigenvalue weighted by atomic mass is 16.1. The van der Waals surface area contributed by atoms with E-state index in [0.29, 0.717) is 11.6 Å². The van der Waals surface area contributed by atoms with Gasteiger partial charge in [-0.05, 0) is 56.6 Å².